The molecule has 2 aromatic rings. The first-order valence-corrected chi connectivity index (χ1v) is 7.16. The summed E-state index contributed by atoms with van der Waals surface area (Å²) in [5, 5.41) is 2.67. The third kappa shape index (κ3) is 4.36. The number of hydrogen-bond acceptors (Lipinski definition) is 2. The second kappa shape index (κ2) is 6.73. The molecule has 1 N–H and O–H groups in total. The van der Waals surface area contributed by atoms with Crippen LogP contribution in [0.2, 0.25) is 0 Å². The zero-order chi connectivity index (χ0) is 13.7. The highest BCUT2D eigenvalue weighted by Gasteiger charge is 2.05. The van der Waals surface area contributed by atoms with Gasteiger partial charge in [-0.25, -0.2) is 4.79 Å². The molecule has 0 aliphatic heterocycles. The maximum atomic E-state index is 11.6. The average Bonchev–Trinajstić information content (AvgIpc) is 2.42. The van der Waals surface area contributed by atoms with Crippen LogP contribution in [0.25, 0.3) is 0 Å². The van der Waals surface area contributed by atoms with Crippen LogP contribution in [0, 0.1) is 0 Å². The molecule has 0 aliphatic carbocycles. The van der Waals surface area contributed by atoms with Gasteiger partial charge in [-0.15, -0.1) is 0 Å². The van der Waals surface area contributed by atoms with Crippen molar-refractivity contribution in [2.45, 2.75) is 6.61 Å². The molecule has 19 heavy (non-hydrogen) atoms. The maximum Gasteiger partial charge on any atom is 0.411 e. The van der Waals surface area contributed by atoms with E-state index >= 15 is 0 Å². The van der Waals surface area contributed by atoms with Crippen molar-refractivity contribution in [3.8, 4) is 0 Å². The van der Waals surface area contributed by atoms with E-state index in [1.807, 2.05) is 36.4 Å². The lowest BCUT2D eigenvalue weighted by Crippen LogP contribution is -2.13. The summed E-state index contributed by atoms with van der Waals surface area (Å²) in [6.45, 7) is 0.254. The molecule has 0 aliphatic rings. The fourth-order valence-electron chi connectivity index (χ4n) is 1.45. The number of ether oxygens (including phenoxy) is 1. The van der Waals surface area contributed by atoms with Crippen LogP contribution in [-0.2, 0) is 11.3 Å². The number of benzene rings is 2. The molecule has 0 atom stereocenters. The minimum atomic E-state index is -0.474. The van der Waals surface area contributed by atoms with Gasteiger partial charge >= 0.3 is 6.09 Å². The summed E-state index contributed by atoms with van der Waals surface area (Å²) in [7, 11) is 0. The van der Waals surface area contributed by atoms with Gasteiger partial charge in [-0.05, 0) is 55.6 Å². The Morgan fingerprint density at radius 2 is 1.79 bits per heavy atom. The molecule has 0 heterocycles. The fraction of sp³-hybridized carbons (Fsp3) is 0.0714. The van der Waals surface area contributed by atoms with Crippen LogP contribution in [0.5, 0.6) is 0 Å². The van der Waals surface area contributed by atoms with E-state index in [1.54, 1.807) is 12.1 Å². The SMILES string of the molecule is O=C(Nc1ccc(Br)c(Br)c1)OCc1ccccc1. The summed E-state index contributed by atoms with van der Waals surface area (Å²) in [5.74, 6) is 0. The lowest BCUT2D eigenvalue weighted by Gasteiger charge is -2.08. The average molecular weight is 385 g/mol. The van der Waals surface area contributed by atoms with E-state index in [9.17, 15) is 4.79 Å². The molecular weight excluding hydrogens is 374 g/mol. The van der Waals surface area contributed by atoms with Gasteiger partial charge in [-0.3, -0.25) is 5.32 Å². The molecule has 98 valence electrons. The number of carbonyl (C=O) groups excluding carboxylic acids is 1. The zero-order valence-electron chi connectivity index (χ0n) is 9.90. The molecule has 0 radical (unpaired) electrons. The third-order valence-electron chi connectivity index (χ3n) is 2.38. The Hall–Kier alpha value is -1.33. The minimum Gasteiger partial charge on any atom is -0.444 e. The standard InChI is InChI=1S/C14H11Br2NO2/c15-12-7-6-11(8-13(12)16)17-14(18)19-9-10-4-2-1-3-5-10/h1-8H,9H2,(H,17,18). The number of hydrogen-bond donors (Lipinski definition) is 1. The molecule has 1 amide bonds. The fourth-order valence-corrected chi connectivity index (χ4v) is 2.08. The number of nitrogens with one attached hydrogen (secondary N) is 1. The highest BCUT2D eigenvalue weighted by Crippen LogP contribution is 2.26. The van der Waals surface area contributed by atoms with Gasteiger partial charge in [0, 0.05) is 14.6 Å². The molecule has 0 saturated carbocycles. The summed E-state index contributed by atoms with van der Waals surface area (Å²) >= 11 is 6.74. The summed E-state index contributed by atoms with van der Waals surface area (Å²) in [6, 6.07) is 15.0. The molecule has 0 saturated heterocycles. The zero-order valence-corrected chi connectivity index (χ0v) is 13.1. The van der Waals surface area contributed by atoms with Crippen molar-refractivity contribution in [2.75, 3.05) is 5.32 Å². The number of carbonyl (C=O) groups is 1. The molecule has 2 rings (SSSR count). The maximum absolute atomic E-state index is 11.6. The molecule has 5 heteroatoms. The van der Waals surface area contributed by atoms with Crippen LogP contribution in [0.4, 0.5) is 10.5 Å². The van der Waals surface area contributed by atoms with Gasteiger partial charge in [0.2, 0.25) is 0 Å². The number of anilines is 1. The molecule has 3 nitrogen and oxygen atoms in total. The normalized spacial score (nSPS) is 10.0. The quantitative estimate of drug-likeness (QED) is 0.811. The van der Waals surface area contributed by atoms with Crippen molar-refractivity contribution >= 4 is 43.6 Å². The smallest absolute Gasteiger partial charge is 0.411 e. The minimum absolute atomic E-state index is 0.254. The summed E-state index contributed by atoms with van der Waals surface area (Å²) in [6.07, 6.45) is -0.474. The first kappa shape index (κ1) is 14.1. The molecule has 0 spiro atoms. The molecule has 0 aromatic heterocycles. The van der Waals surface area contributed by atoms with Gasteiger partial charge in [-0.1, -0.05) is 30.3 Å². The molecule has 0 unspecified atom stereocenters. The Labute approximate surface area is 128 Å². The summed E-state index contributed by atoms with van der Waals surface area (Å²) < 4.78 is 6.92. The largest absolute Gasteiger partial charge is 0.444 e. The predicted molar refractivity (Wildman–Crippen MR) is 82.1 cm³/mol. The Balaban J connectivity index is 1.89. The lowest BCUT2D eigenvalue weighted by molar-refractivity contribution is 0.155. The Morgan fingerprint density at radius 1 is 1.05 bits per heavy atom. The van der Waals surface area contributed by atoms with Crippen molar-refractivity contribution in [3.63, 3.8) is 0 Å². The van der Waals surface area contributed by atoms with Gasteiger partial charge in [0.1, 0.15) is 6.61 Å². The van der Waals surface area contributed by atoms with Crippen LogP contribution in [0.15, 0.2) is 57.5 Å². The van der Waals surface area contributed by atoms with Crippen molar-refractivity contribution in [3.05, 3.63) is 63.0 Å². The number of halogens is 2. The van der Waals surface area contributed by atoms with E-state index in [0.29, 0.717) is 5.69 Å². The highest BCUT2D eigenvalue weighted by molar-refractivity contribution is 9.13. The summed E-state index contributed by atoms with van der Waals surface area (Å²) in [4.78, 5) is 11.6. The van der Waals surface area contributed by atoms with Crippen LogP contribution >= 0.6 is 31.9 Å². The number of rotatable bonds is 3. The van der Waals surface area contributed by atoms with Crippen molar-refractivity contribution in [2.24, 2.45) is 0 Å². The van der Waals surface area contributed by atoms with Gasteiger partial charge in [0.15, 0.2) is 0 Å². The van der Waals surface area contributed by atoms with Crippen molar-refractivity contribution < 1.29 is 9.53 Å². The van der Waals surface area contributed by atoms with Crippen molar-refractivity contribution in [1.82, 2.24) is 0 Å². The van der Waals surface area contributed by atoms with E-state index in [0.717, 1.165) is 14.5 Å². The van der Waals surface area contributed by atoms with E-state index < -0.39 is 6.09 Å². The predicted octanol–water partition coefficient (Wildman–Crippen LogP) is 4.96. The first-order chi connectivity index (χ1) is 9.15. The van der Waals surface area contributed by atoms with Crippen LogP contribution in [0.3, 0.4) is 0 Å². The van der Waals surface area contributed by atoms with Crippen LogP contribution in [-0.4, -0.2) is 6.09 Å². The van der Waals surface area contributed by atoms with E-state index in [-0.39, 0.29) is 6.61 Å². The molecule has 0 fully saturated rings. The van der Waals surface area contributed by atoms with Gasteiger partial charge < -0.3 is 4.74 Å². The second-order valence-corrected chi connectivity index (χ2v) is 5.52. The Morgan fingerprint density at radius 3 is 2.47 bits per heavy atom. The number of amides is 1. The topological polar surface area (TPSA) is 38.3 Å². The van der Waals surface area contributed by atoms with Crippen molar-refractivity contribution in [1.29, 1.82) is 0 Å². The molecule has 2 aromatic carbocycles. The van der Waals surface area contributed by atoms with E-state index in [4.69, 9.17) is 4.74 Å². The molecular formula is C14H11Br2NO2. The van der Waals surface area contributed by atoms with Gasteiger partial charge in [0.05, 0.1) is 0 Å². The van der Waals surface area contributed by atoms with Crippen LogP contribution < -0.4 is 5.32 Å². The van der Waals surface area contributed by atoms with Gasteiger partial charge in [-0.2, -0.15) is 0 Å². The monoisotopic (exact) mass is 383 g/mol. The lowest BCUT2D eigenvalue weighted by atomic mass is 10.2. The Bertz CT molecular complexity index is 573. The Kier molecular flexibility index (Phi) is 4.99. The third-order valence-corrected chi connectivity index (χ3v) is 4.26. The van der Waals surface area contributed by atoms with Crippen LogP contribution in [0.1, 0.15) is 5.56 Å². The second-order valence-electron chi connectivity index (χ2n) is 3.82. The van der Waals surface area contributed by atoms with Gasteiger partial charge in [0.25, 0.3) is 0 Å². The molecule has 0 bridgehead atoms. The highest BCUT2D eigenvalue weighted by atomic mass is 79.9. The first-order valence-electron chi connectivity index (χ1n) is 5.58. The van der Waals surface area contributed by atoms with E-state index in [2.05, 4.69) is 37.2 Å². The summed E-state index contributed by atoms with van der Waals surface area (Å²) in [5.41, 5.74) is 1.63. The van der Waals surface area contributed by atoms with E-state index in [1.165, 1.54) is 0 Å².